The Morgan fingerprint density at radius 1 is 0.268 bits per heavy atom. The molecule has 0 aliphatic heterocycles. The lowest BCUT2D eigenvalue weighted by Crippen LogP contribution is -2.14. The van der Waals surface area contributed by atoms with Crippen molar-refractivity contribution in [2.45, 2.75) is 19.3 Å². The molecule has 1 aliphatic carbocycles. The molecule has 0 saturated carbocycles. The minimum Gasteiger partial charge on any atom is -0.309 e. The summed E-state index contributed by atoms with van der Waals surface area (Å²) in [7, 11) is 0. The van der Waals surface area contributed by atoms with Crippen LogP contribution in [0.25, 0.3) is 132 Å². The Labute approximate surface area is 411 Å². The van der Waals surface area contributed by atoms with Crippen LogP contribution in [-0.2, 0) is 5.41 Å². The molecule has 12 aromatic carbocycles. The van der Waals surface area contributed by atoms with Gasteiger partial charge >= 0.3 is 0 Å². The lowest BCUT2D eigenvalue weighted by molar-refractivity contribution is 0.660. The monoisotopic (exact) mass is 902 g/mol. The zero-order chi connectivity index (χ0) is 47.0. The molecule has 2 aromatic heterocycles. The van der Waals surface area contributed by atoms with Gasteiger partial charge in [0.1, 0.15) is 0 Å². The zero-order valence-electron chi connectivity index (χ0n) is 39.5. The Hall–Kier alpha value is -8.98. The van der Waals surface area contributed by atoms with Crippen molar-refractivity contribution in [3.63, 3.8) is 0 Å². The molecule has 0 radical (unpaired) electrons. The lowest BCUT2D eigenvalue weighted by Gasteiger charge is -2.21. The first kappa shape index (κ1) is 40.0. The van der Waals surface area contributed by atoms with Crippen molar-refractivity contribution >= 4 is 75.9 Å². The number of hydrogen-bond acceptors (Lipinski definition) is 0. The van der Waals surface area contributed by atoms with Gasteiger partial charge in [0.2, 0.25) is 0 Å². The fraction of sp³-hybridized carbons (Fsp3) is 0.0435. The van der Waals surface area contributed by atoms with Gasteiger partial charge in [0.25, 0.3) is 0 Å². The third-order valence-corrected chi connectivity index (χ3v) is 15.9. The molecule has 14 aromatic rings. The highest BCUT2D eigenvalue weighted by molar-refractivity contribution is 6.23. The Kier molecular flexibility index (Phi) is 8.45. The molecule has 71 heavy (non-hydrogen) atoms. The molecule has 0 bridgehead atoms. The fourth-order valence-corrected chi connectivity index (χ4v) is 12.6. The van der Waals surface area contributed by atoms with Gasteiger partial charge in [-0.05, 0) is 149 Å². The zero-order valence-corrected chi connectivity index (χ0v) is 39.5. The molecule has 0 amide bonds. The molecule has 1 aliphatic rings. The predicted molar refractivity (Wildman–Crippen MR) is 302 cm³/mol. The number of rotatable bonds is 5. The van der Waals surface area contributed by atoms with E-state index in [4.69, 9.17) is 0 Å². The third-order valence-electron chi connectivity index (χ3n) is 15.9. The standard InChI is InChI=1S/C69H46N2/c1-69(2)61-22-10-5-17-51(61)58-40-47(33-38-62(58)69)44-27-30-45(31-28-44)67-56-36-34-50(71-65-25-13-8-20-54(65)55-21-9-14-26-66(55)71)42-60(56)68(48-32-29-43-15-3-4-16-46(43)39-48)57-37-35-49(41-59(57)67)70-63-23-11-6-18-52(63)53-19-7-12-24-64(53)70/h3-42H,1-2H3. The highest BCUT2D eigenvalue weighted by Crippen LogP contribution is 2.51. The van der Waals surface area contributed by atoms with Crippen LogP contribution in [0.1, 0.15) is 25.0 Å². The molecular formula is C69H46N2. The van der Waals surface area contributed by atoms with Gasteiger partial charge in [0.15, 0.2) is 0 Å². The highest BCUT2D eigenvalue weighted by Gasteiger charge is 2.35. The van der Waals surface area contributed by atoms with Crippen molar-refractivity contribution in [3.05, 3.63) is 254 Å². The van der Waals surface area contributed by atoms with Crippen LogP contribution in [0.2, 0.25) is 0 Å². The van der Waals surface area contributed by atoms with Crippen molar-refractivity contribution in [3.8, 4) is 55.9 Å². The Morgan fingerprint density at radius 2 is 0.704 bits per heavy atom. The van der Waals surface area contributed by atoms with E-state index in [9.17, 15) is 0 Å². The first-order chi connectivity index (χ1) is 35.0. The topological polar surface area (TPSA) is 9.86 Å². The van der Waals surface area contributed by atoms with Crippen molar-refractivity contribution in [1.82, 2.24) is 9.13 Å². The van der Waals surface area contributed by atoms with Gasteiger partial charge in [0, 0.05) is 38.3 Å². The Morgan fingerprint density at radius 3 is 1.28 bits per heavy atom. The predicted octanol–water partition coefficient (Wildman–Crippen LogP) is 18.6. The van der Waals surface area contributed by atoms with Crippen molar-refractivity contribution < 1.29 is 0 Å². The van der Waals surface area contributed by atoms with E-state index in [2.05, 4.69) is 266 Å². The highest BCUT2D eigenvalue weighted by atomic mass is 15.0. The van der Waals surface area contributed by atoms with Crippen LogP contribution in [-0.4, -0.2) is 9.13 Å². The molecule has 2 nitrogen and oxygen atoms in total. The summed E-state index contributed by atoms with van der Waals surface area (Å²) >= 11 is 0. The number of nitrogens with zero attached hydrogens (tertiary/aromatic N) is 2. The van der Waals surface area contributed by atoms with Gasteiger partial charge < -0.3 is 9.13 Å². The fourth-order valence-electron chi connectivity index (χ4n) is 12.6. The summed E-state index contributed by atoms with van der Waals surface area (Å²) in [5, 5.41) is 12.4. The van der Waals surface area contributed by atoms with E-state index in [1.54, 1.807) is 0 Å². The van der Waals surface area contributed by atoms with Crippen LogP contribution < -0.4 is 0 Å². The quantitative estimate of drug-likeness (QED) is 0.152. The molecule has 2 heterocycles. The van der Waals surface area contributed by atoms with E-state index in [0.29, 0.717) is 0 Å². The molecule has 0 spiro atoms. The summed E-state index contributed by atoms with van der Waals surface area (Å²) in [4.78, 5) is 0. The summed E-state index contributed by atoms with van der Waals surface area (Å²) in [5.74, 6) is 0. The van der Waals surface area contributed by atoms with Gasteiger partial charge in [-0.1, -0.05) is 196 Å². The second kappa shape index (κ2) is 15.0. The second-order valence-corrected chi connectivity index (χ2v) is 20.0. The van der Waals surface area contributed by atoms with Gasteiger partial charge in [-0.25, -0.2) is 0 Å². The molecule has 0 unspecified atom stereocenters. The van der Waals surface area contributed by atoms with Crippen molar-refractivity contribution in [2.24, 2.45) is 0 Å². The van der Waals surface area contributed by atoms with E-state index >= 15 is 0 Å². The van der Waals surface area contributed by atoms with Gasteiger partial charge in [-0.3, -0.25) is 0 Å². The van der Waals surface area contributed by atoms with Crippen LogP contribution in [0.15, 0.2) is 243 Å². The largest absolute Gasteiger partial charge is 0.309 e. The average molecular weight is 903 g/mol. The molecule has 2 heteroatoms. The normalized spacial score (nSPS) is 13.0. The second-order valence-electron chi connectivity index (χ2n) is 20.0. The third kappa shape index (κ3) is 5.83. The van der Waals surface area contributed by atoms with E-state index in [1.165, 1.54) is 132 Å². The lowest BCUT2D eigenvalue weighted by atomic mass is 9.82. The van der Waals surface area contributed by atoms with Crippen LogP contribution in [0.3, 0.4) is 0 Å². The Balaban J connectivity index is 1.02. The van der Waals surface area contributed by atoms with Crippen molar-refractivity contribution in [2.75, 3.05) is 0 Å². The van der Waals surface area contributed by atoms with E-state index in [1.807, 2.05) is 0 Å². The van der Waals surface area contributed by atoms with Gasteiger partial charge in [0.05, 0.1) is 22.1 Å². The number of para-hydroxylation sites is 4. The van der Waals surface area contributed by atoms with E-state index in [0.717, 1.165) is 11.4 Å². The minimum absolute atomic E-state index is 0.0328. The van der Waals surface area contributed by atoms with Gasteiger partial charge in [-0.2, -0.15) is 0 Å². The smallest absolute Gasteiger partial charge is 0.0541 e. The number of fused-ring (bicyclic) bond motifs is 12. The molecule has 0 fully saturated rings. The SMILES string of the molecule is CC1(C)c2ccccc2-c2cc(-c3ccc(-c4c5ccc(-n6c7ccccc7c7ccccc76)cc5c(-c5ccc6ccccc6c5)c5ccc(-n6c7ccccc7c7ccccc76)cc45)cc3)ccc21. The Bertz CT molecular complexity index is 4430. The number of aromatic nitrogens is 2. The van der Waals surface area contributed by atoms with Crippen LogP contribution in [0, 0.1) is 0 Å². The summed E-state index contributed by atoms with van der Waals surface area (Å²) in [6.07, 6.45) is 0. The number of hydrogen-bond donors (Lipinski definition) is 0. The molecule has 332 valence electrons. The minimum atomic E-state index is -0.0328. The van der Waals surface area contributed by atoms with Crippen LogP contribution in [0.4, 0.5) is 0 Å². The number of benzene rings is 12. The summed E-state index contributed by atoms with van der Waals surface area (Å²) in [5.41, 5.74) is 19.8. The average Bonchev–Trinajstić information content (AvgIpc) is 4.02. The maximum atomic E-state index is 2.46. The summed E-state index contributed by atoms with van der Waals surface area (Å²) < 4.78 is 4.91. The summed E-state index contributed by atoms with van der Waals surface area (Å²) in [6.45, 7) is 4.70. The van der Waals surface area contributed by atoms with Crippen LogP contribution >= 0.6 is 0 Å². The molecular weight excluding hydrogens is 857 g/mol. The molecule has 0 atom stereocenters. The van der Waals surface area contributed by atoms with Crippen LogP contribution in [0.5, 0.6) is 0 Å². The van der Waals surface area contributed by atoms with E-state index < -0.39 is 0 Å². The van der Waals surface area contributed by atoms with E-state index in [-0.39, 0.29) is 5.41 Å². The van der Waals surface area contributed by atoms with Crippen molar-refractivity contribution in [1.29, 1.82) is 0 Å². The first-order valence-electron chi connectivity index (χ1n) is 24.8. The molecule has 0 N–H and O–H groups in total. The van der Waals surface area contributed by atoms with Gasteiger partial charge in [-0.15, -0.1) is 0 Å². The molecule has 0 saturated heterocycles. The summed E-state index contributed by atoms with van der Waals surface area (Å²) in [6, 6.07) is 90.8. The maximum Gasteiger partial charge on any atom is 0.0541 e. The molecule has 15 rings (SSSR count). The first-order valence-corrected chi connectivity index (χ1v) is 24.8. The maximum absolute atomic E-state index is 2.46.